The molecule has 0 spiro atoms. The number of rotatable bonds is 9. The van der Waals surface area contributed by atoms with E-state index in [0.717, 1.165) is 37.7 Å². The molecule has 3 rings (SSSR count). The minimum atomic E-state index is 0.583. The van der Waals surface area contributed by atoms with Crippen molar-refractivity contribution in [2.75, 3.05) is 26.3 Å². The Balaban J connectivity index is 1.46. The maximum absolute atomic E-state index is 5.73. The van der Waals surface area contributed by atoms with E-state index in [9.17, 15) is 0 Å². The Bertz CT molecular complexity index is 682. The minimum absolute atomic E-state index is 0.583. The van der Waals surface area contributed by atoms with Crippen LogP contribution in [0.4, 0.5) is 0 Å². The second-order valence-electron chi connectivity index (χ2n) is 7.06. The first-order valence-electron chi connectivity index (χ1n) is 10.2. The second-order valence-corrected chi connectivity index (χ2v) is 7.06. The first kappa shape index (κ1) is 19.7. The molecule has 2 aromatic rings. The first-order valence-corrected chi connectivity index (χ1v) is 10.2. The predicted molar refractivity (Wildman–Crippen MR) is 110 cm³/mol. The van der Waals surface area contributed by atoms with Crippen molar-refractivity contribution in [3.8, 4) is 11.5 Å². The van der Waals surface area contributed by atoms with Crippen LogP contribution in [-0.2, 0) is 13.1 Å². The maximum Gasteiger partial charge on any atom is 0.161 e. The van der Waals surface area contributed by atoms with Crippen molar-refractivity contribution in [1.29, 1.82) is 0 Å². The third-order valence-electron chi connectivity index (χ3n) is 5.04. The van der Waals surface area contributed by atoms with Crippen molar-refractivity contribution < 1.29 is 9.47 Å². The van der Waals surface area contributed by atoms with Crippen LogP contribution in [0.15, 0.2) is 48.5 Å². The number of hydrogen-bond acceptors (Lipinski definition) is 4. The largest absolute Gasteiger partial charge is 0.490 e. The van der Waals surface area contributed by atoms with Crippen molar-refractivity contribution in [3.05, 3.63) is 59.7 Å². The predicted octanol–water partition coefficient (Wildman–Crippen LogP) is 4.24. The summed E-state index contributed by atoms with van der Waals surface area (Å²) in [5.41, 5.74) is 2.65. The van der Waals surface area contributed by atoms with Gasteiger partial charge in [-0.25, -0.2) is 0 Å². The van der Waals surface area contributed by atoms with Crippen LogP contribution in [0.5, 0.6) is 11.5 Å². The van der Waals surface area contributed by atoms with Crippen molar-refractivity contribution in [3.63, 3.8) is 0 Å². The molecule has 4 nitrogen and oxygen atoms in total. The summed E-state index contributed by atoms with van der Waals surface area (Å²) < 4.78 is 11.4. The van der Waals surface area contributed by atoms with E-state index in [0.29, 0.717) is 19.3 Å². The quantitative estimate of drug-likeness (QED) is 0.718. The van der Waals surface area contributed by atoms with E-state index in [4.69, 9.17) is 9.47 Å². The Kier molecular flexibility index (Phi) is 7.55. The lowest BCUT2D eigenvalue weighted by molar-refractivity contribution is 0.190. The van der Waals surface area contributed by atoms with Gasteiger partial charge in [0.05, 0.1) is 13.2 Å². The molecule has 4 heteroatoms. The Morgan fingerprint density at radius 2 is 1.59 bits per heavy atom. The average Bonchev–Trinajstić information content (AvgIpc) is 2.70. The van der Waals surface area contributed by atoms with Gasteiger partial charge in [-0.15, -0.1) is 0 Å². The van der Waals surface area contributed by atoms with Gasteiger partial charge in [0.1, 0.15) is 0 Å². The molecule has 1 heterocycles. The van der Waals surface area contributed by atoms with Crippen molar-refractivity contribution >= 4 is 0 Å². The fourth-order valence-electron chi connectivity index (χ4n) is 3.60. The minimum Gasteiger partial charge on any atom is -0.490 e. The maximum atomic E-state index is 5.73. The van der Waals surface area contributed by atoms with Crippen LogP contribution >= 0.6 is 0 Å². The fourth-order valence-corrected chi connectivity index (χ4v) is 3.60. The Labute approximate surface area is 163 Å². The van der Waals surface area contributed by atoms with Gasteiger partial charge in [-0.3, -0.25) is 4.90 Å². The highest BCUT2D eigenvalue weighted by Crippen LogP contribution is 2.28. The number of piperidine rings is 1. The molecule has 0 saturated carbocycles. The van der Waals surface area contributed by atoms with E-state index < -0.39 is 0 Å². The molecule has 0 aliphatic carbocycles. The van der Waals surface area contributed by atoms with Crippen molar-refractivity contribution in [1.82, 2.24) is 10.2 Å². The van der Waals surface area contributed by atoms with Gasteiger partial charge in [-0.05, 0) is 63.0 Å². The van der Waals surface area contributed by atoms with Crippen LogP contribution in [0, 0.1) is 0 Å². The van der Waals surface area contributed by atoms with Gasteiger partial charge in [0.2, 0.25) is 0 Å². The lowest BCUT2D eigenvalue weighted by Crippen LogP contribution is -2.41. The summed E-state index contributed by atoms with van der Waals surface area (Å²) in [6, 6.07) is 17.6. The number of hydrogen-bond donors (Lipinski definition) is 1. The molecule has 0 amide bonds. The molecule has 0 radical (unpaired) electrons. The molecule has 0 aromatic heterocycles. The number of nitrogens with one attached hydrogen (secondary N) is 1. The van der Waals surface area contributed by atoms with Gasteiger partial charge in [0.25, 0.3) is 0 Å². The van der Waals surface area contributed by atoms with Gasteiger partial charge in [-0.1, -0.05) is 36.4 Å². The molecule has 146 valence electrons. The molecule has 0 unspecified atom stereocenters. The zero-order chi connectivity index (χ0) is 18.9. The molecular weight excluding hydrogens is 336 g/mol. The molecule has 0 bridgehead atoms. The highest BCUT2D eigenvalue weighted by atomic mass is 16.5. The molecular formula is C23H32N2O2. The second kappa shape index (κ2) is 10.3. The number of benzene rings is 2. The van der Waals surface area contributed by atoms with Crippen LogP contribution in [0.1, 0.15) is 37.8 Å². The average molecular weight is 369 g/mol. The smallest absolute Gasteiger partial charge is 0.161 e. The number of nitrogens with zero attached hydrogens (tertiary/aromatic N) is 1. The summed E-state index contributed by atoms with van der Waals surface area (Å²) >= 11 is 0. The van der Waals surface area contributed by atoms with Crippen molar-refractivity contribution in [2.45, 2.75) is 45.8 Å². The zero-order valence-electron chi connectivity index (χ0n) is 16.6. The van der Waals surface area contributed by atoms with Crippen LogP contribution in [-0.4, -0.2) is 37.2 Å². The number of ether oxygens (including phenoxy) is 2. The zero-order valence-corrected chi connectivity index (χ0v) is 16.6. The first-order chi connectivity index (χ1) is 13.3. The molecule has 27 heavy (non-hydrogen) atoms. The van der Waals surface area contributed by atoms with E-state index in [1.54, 1.807) is 0 Å². The van der Waals surface area contributed by atoms with E-state index in [1.807, 2.05) is 19.9 Å². The fraction of sp³-hybridized carbons (Fsp3) is 0.478. The Hall–Kier alpha value is -2.04. The normalized spacial score (nSPS) is 15.6. The molecule has 1 fully saturated rings. The standard InChI is InChI=1S/C23H32N2O2/c1-3-26-22-11-10-20(16-23(22)27-4-2)17-24-21-12-14-25(15-13-21)18-19-8-6-5-7-9-19/h5-11,16,21,24H,3-4,12-15,17-18H2,1-2H3. The summed E-state index contributed by atoms with van der Waals surface area (Å²) in [5.74, 6) is 1.67. The summed E-state index contributed by atoms with van der Waals surface area (Å²) in [5, 5.41) is 3.72. The molecule has 2 aromatic carbocycles. The molecule has 1 aliphatic rings. The van der Waals surface area contributed by atoms with Crippen molar-refractivity contribution in [2.24, 2.45) is 0 Å². The summed E-state index contributed by atoms with van der Waals surface area (Å²) in [6.45, 7) is 9.54. The lowest BCUT2D eigenvalue weighted by Gasteiger charge is -2.32. The SMILES string of the molecule is CCOc1ccc(CNC2CCN(Cc3ccccc3)CC2)cc1OCC. The third kappa shape index (κ3) is 5.98. The molecule has 1 N–H and O–H groups in total. The lowest BCUT2D eigenvalue weighted by atomic mass is 10.0. The van der Waals surface area contributed by atoms with Crippen LogP contribution in [0.3, 0.4) is 0 Å². The highest BCUT2D eigenvalue weighted by molar-refractivity contribution is 5.43. The summed E-state index contributed by atoms with van der Waals surface area (Å²) in [6.07, 6.45) is 2.39. The summed E-state index contributed by atoms with van der Waals surface area (Å²) in [7, 11) is 0. The summed E-state index contributed by atoms with van der Waals surface area (Å²) in [4.78, 5) is 2.55. The van der Waals surface area contributed by atoms with Crippen LogP contribution < -0.4 is 14.8 Å². The van der Waals surface area contributed by atoms with Gasteiger partial charge in [-0.2, -0.15) is 0 Å². The third-order valence-corrected chi connectivity index (χ3v) is 5.04. The van der Waals surface area contributed by atoms with E-state index in [1.165, 1.54) is 24.0 Å². The van der Waals surface area contributed by atoms with E-state index in [2.05, 4.69) is 52.7 Å². The topological polar surface area (TPSA) is 33.7 Å². The molecule has 0 atom stereocenters. The van der Waals surface area contributed by atoms with Crippen LogP contribution in [0.2, 0.25) is 0 Å². The van der Waals surface area contributed by atoms with Gasteiger partial charge in [0.15, 0.2) is 11.5 Å². The van der Waals surface area contributed by atoms with Gasteiger partial charge >= 0.3 is 0 Å². The molecule has 1 aliphatic heterocycles. The van der Waals surface area contributed by atoms with Gasteiger partial charge in [0, 0.05) is 19.1 Å². The van der Waals surface area contributed by atoms with E-state index >= 15 is 0 Å². The van der Waals surface area contributed by atoms with E-state index in [-0.39, 0.29) is 0 Å². The Morgan fingerprint density at radius 3 is 2.30 bits per heavy atom. The monoisotopic (exact) mass is 368 g/mol. The number of likely N-dealkylation sites (tertiary alicyclic amines) is 1. The Morgan fingerprint density at radius 1 is 0.889 bits per heavy atom. The highest BCUT2D eigenvalue weighted by Gasteiger charge is 2.19. The van der Waals surface area contributed by atoms with Gasteiger partial charge < -0.3 is 14.8 Å². The van der Waals surface area contributed by atoms with Crippen LogP contribution in [0.25, 0.3) is 0 Å². The molecule has 1 saturated heterocycles.